The smallest absolute Gasteiger partial charge is 0.141 e. The third-order valence-corrected chi connectivity index (χ3v) is 3.51. The maximum atomic E-state index is 13.0. The van der Waals surface area contributed by atoms with E-state index in [1.807, 2.05) is 0 Å². The van der Waals surface area contributed by atoms with Gasteiger partial charge in [0.25, 0.3) is 0 Å². The fourth-order valence-electron chi connectivity index (χ4n) is 2.38. The maximum Gasteiger partial charge on any atom is 0.141 e. The normalized spacial score (nSPS) is 23.6. The minimum absolute atomic E-state index is 0.254. The first kappa shape index (κ1) is 10.2. The van der Waals surface area contributed by atoms with Crippen molar-refractivity contribution >= 4 is 0 Å². The van der Waals surface area contributed by atoms with E-state index in [2.05, 4.69) is 9.88 Å². The lowest BCUT2D eigenvalue weighted by Crippen LogP contribution is -2.46. The van der Waals surface area contributed by atoms with Crippen LogP contribution in [0.25, 0.3) is 0 Å². The fourth-order valence-corrected chi connectivity index (χ4v) is 2.38. The molecule has 1 spiro atoms. The molecule has 0 amide bonds. The Bertz CT molecular complexity index is 392. The second kappa shape index (κ2) is 3.79. The van der Waals surface area contributed by atoms with Crippen LogP contribution < -0.4 is 0 Å². The zero-order valence-corrected chi connectivity index (χ0v) is 9.16. The van der Waals surface area contributed by atoms with Crippen molar-refractivity contribution in [2.24, 2.45) is 0 Å². The number of aromatic nitrogens is 1. The minimum Gasteiger partial charge on any atom is -0.378 e. The highest BCUT2D eigenvalue weighted by molar-refractivity contribution is 5.13. The molecule has 0 radical (unpaired) electrons. The van der Waals surface area contributed by atoms with Crippen LogP contribution in [0.1, 0.15) is 18.4 Å². The molecule has 1 aromatic heterocycles. The van der Waals surface area contributed by atoms with Crippen LogP contribution in [-0.4, -0.2) is 35.2 Å². The lowest BCUT2D eigenvalue weighted by molar-refractivity contribution is -0.0245. The average molecular weight is 222 g/mol. The van der Waals surface area contributed by atoms with Crippen LogP contribution in [0.3, 0.4) is 0 Å². The van der Waals surface area contributed by atoms with Gasteiger partial charge in [-0.2, -0.15) is 0 Å². The first-order chi connectivity index (χ1) is 7.78. The second-order valence-electron chi connectivity index (χ2n) is 4.71. The monoisotopic (exact) mass is 222 g/mol. The number of nitrogens with zero attached hydrogens (tertiary/aromatic N) is 2. The molecule has 4 heteroatoms. The molecule has 0 atom stereocenters. The van der Waals surface area contributed by atoms with Gasteiger partial charge in [0.1, 0.15) is 5.82 Å². The molecule has 0 unspecified atom stereocenters. The Morgan fingerprint density at radius 3 is 3.06 bits per heavy atom. The molecule has 1 aliphatic heterocycles. The lowest BCUT2D eigenvalue weighted by atomic mass is 10.1. The first-order valence-corrected chi connectivity index (χ1v) is 5.71. The van der Waals surface area contributed by atoms with E-state index in [4.69, 9.17) is 4.74 Å². The minimum atomic E-state index is -0.254. The number of halogens is 1. The maximum absolute atomic E-state index is 13.0. The van der Waals surface area contributed by atoms with Crippen LogP contribution in [0.2, 0.25) is 0 Å². The number of morpholine rings is 1. The number of hydrogen-bond acceptors (Lipinski definition) is 3. The summed E-state index contributed by atoms with van der Waals surface area (Å²) >= 11 is 0. The Labute approximate surface area is 94.2 Å². The largest absolute Gasteiger partial charge is 0.378 e. The average Bonchev–Trinajstić information content (AvgIpc) is 3.03. The van der Waals surface area contributed by atoms with Gasteiger partial charge in [-0.25, -0.2) is 4.39 Å². The van der Waals surface area contributed by atoms with Gasteiger partial charge in [-0.05, 0) is 24.5 Å². The summed E-state index contributed by atoms with van der Waals surface area (Å²) in [5.41, 5.74) is 1.21. The molecule has 1 saturated heterocycles. The third-order valence-electron chi connectivity index (χ3n) is 3.51. The van der Waals surface area contributed by atoms with Crippen LogP contribution in [0, 0.1) is 5.82 Å². The van der Waals surface area contributed by atoms with Gasteiger partial charge in [0.15, 0.2) is 0 Å². The van der Waals surface area contributed by atoms with Crippen molar-refractivity contribution in [3.05, 3.63) is 29.8 Å². The standard InChI is InChI=1S/C12H15FN2O/c13-11-5-10(6-14-7-11)8-15-3-4-16-9-12(15)1-2-12/h5-7H,1-4,8-9H2. The van der Waals surface area contributed by atoms with Crippen LogP contribution in [0.5, 0.6) is 0 Å². The van der Waals surface area contributed by atoms with Crippen molar-refractivity contribution in [1.29, 1.82) is 0 Å². The Morgan fingerprint density at radius 2 is 2.31 bits per heavy atom. The zero-order valence-electron chi connectivity index (χ0n) is 9.16. The molecule has 0 aromatic carbocycles. The predicted octanol–water partition coefficient (Wildman–Crippen LogP) is 1.59. The van der Waals surface area contributed by atoms with Gasteiger partial charge < -0.3 is 4.74 Å². The molecule has 2 heterocycles. The molecule has 0 bridgehead atoms. The number of ether oxygens (including phenoxy) is 1. The summed E-state index contributed by atoms with van der Waals surface area (Å²) in [6, 6.07) is 1.57. The molecule has 86 valence electrons. The van der Waals surface area contributed by atoms with Crippen molar-refractivity contribution in [3.63, 3.8) is 0 Å². The van der Waals surface area contributed by atoms with Crippen LogP contribution in [-0.2, 0) is 11.3 Å². The van der Waals surface area contributed by atoms with Crippen molar-refractivity contribution in [2.75, 3.05) is 19.8 Å². The summed E-state index contributed by atoms with van der Waals surface area (Å²) in [6.07, 6.45) is 5.40. The fraction of sp³-hybridized carbons (Fsp3) is 0.583. The van der Waals surface area contributed by atoms with E-state index in [0.717, 1.165) is 31.9 Å². The third kappa shape index (κ3) is 1.83. The zero-order chi connectivity index (χ0) is 11.0. The highest BCUT2D eigenvalue weighted by Crippen LogP contribution is 2.44. The molecule has 2 fully saturated rings. The molecular formula is C12H15FN2O. The highest BCUT2D eigenvalue weighted by atomic mass is 19.1. The molecular weight excluding hydrogens is 207 g/mol. The molecule has 16 heavy (non-hydrogen) atoms. The van der Waals surface area contributed by atoms with Crippen molar-refractivity contribution < 1.29 is 9.13 Å². The summed E-state index contributed by atoms with van der Waals surface area (Å²) in [5.74, 6) is -0.254. The SMILES string of the molecule is Fc1cncc(CN2CCOCC23CC3)c1. The first-order valence-electron chi connectivity index (χ1n) is 5.71. The number of hydrogen-bond donors (Lipinski definition) is 0. The van der Waals surface area contributed by atoms with E-state index >= 15 is 0 Å². The second-order valence-corrected chi connectivity index (χ2v) is 4.71. The van der Waals surface area contributed by atoms with E-state index < -0.39 is 0 Å². The van der Waals surface area contributed by atoms with Crippen molar-refractivity contribution in [3.8, 4) is 0 Å². The summed E-state index contributed by atoms with van der Waals surface area (Å²) in [4.78, 5) is 6.29. The van der Waals surface area contributed by atoms with Gasteiger partial charge >= 0.3 is 0 Å². The number of rotatable bonds is 2. The van der Waals surface area contributed by atoms with E-state index in [0.29, 0.717) is 0 Å². The topological polar surface area (TPSA) is 25.4 Å². The molecule has 0 N–H and O–H groups in total. The Kier molecular flexibility index (Phi) is 2.41. The molecule has 1 aromatic rings. The summed E-state index contributed by atoms with van der Waals surface area (Å²) < 4.78 is 18.5. The van der Waals surface area contributed by atoms with E-state index in [-0.39, 0.29) is 11.4 Å². The van der Waals surface area contributed by atoms with Gasteiger partial charge in [0.05, 0.1) is 19.4 Å². The number of pyridine rings is 1. The van der Waals surface area contributed by atoms with Crippen molar-refractivity contribution in [2.45, 2.75) is 24.9 Å². The van der Waals surface area contributed by atoms with Gasteiger partial charge in [0.2, 0.25) is 0 Å². The summed E-state index contributed by atoms with van der Waals surface area (Å²) in [5, 5.41) is 0. The molecule has 3 rings (SSSR count). The molecule has 1 saturated carbocycles. The van der Waals surface area contributed by atoms with Crippen molar-refractivity contribution in [1.82, 2.24) is 9.88 Å². The molecule has 3 nitrogen and oxygen atoms in total. The molecule has 1 aliphatic carbocycles. The predicted molar refractivity (Wildman–Crippen MR) is 57.4 cm³/mol. The quantitative estimate of drug-likeness (QED) is 0.759. The molecule has 2 aliphatic rings. The summed E-state index contributed by atoms with van der Waals surface area (Å²) in [6.45, 7) is 3.34. The van der Waals surface area contributed by atoms with Gasteiger partial charge in [-0.15, -0.1) is 0 Å². The lowest BCUT2D eigenvalue weighted by Gasteiger charge is -2.36. The Morgan fingerprint density at radius 1 is 1.44 bits per heavy atom. The Hall–Kier alpha value is -1.00. The van der Waals surface area contributed by atoms with Gasteiger partial charge in [0, 0.05) is 24.8 Å². The van der Waals surface area contributed by atoms with E-state index in [1.165, 1.54) is 19.0 Å². The van der Waals surface area contributed by atoms with Gasteiger partial charge in [-0.3, -0.25) is 9.88 Å². The van der Waals surface area contributed by atoms with E-state index in [1.54, 1.807) is 12.3 Å². The van der Waals surface area contributed by atoms with Crippen LogP contribution >= 0.6 is 0 Å². The van der Waals surface area contributed by atoms with Gasteiger partial charge in [-0.1, -0.05) is 0 Å². The summed E-state index contributed by atoms with van der Waals surface area (Å²) in [7, 11) is 0. The highest BCUT2D eigenvalue weighted by Gasteiger charge is 2.49. The van der Waals surface area contributed by atoms with Crippen LogP contribution in [0.15, 0.2) is 18.5 Å². The Balaban J connectivity index is 1.74. The van der Waals surface area contributed by atoms with E-state index in [9.17, 15) is 4.39 Å². The van der Waals surface area contributed by atoms with Crippen LogP contribution in [0.4, 0.5) is 4.39 Å².